The smallest absolute Gasteiger partial charge is 0.00177 e. The molecular weight excluding hydrogens is 182 g/mol. The fourth-order valence-corrected chi connectivity index (χ4v) is 2.88. The maximum absolute atomic E-state index is 3.32. The lowest BCUT2D eigenvalue weighted by Gasteiger charge is -2.20. The largest absolute Gasteiger partial charge is 0.319 e. The molecule has 1 saturated carbocycles. The summed E-state index contributed by atoms with van der Waals surface area (Å²) in [5.74, 6) is 1.63. The van der Waals surface area contributed by atoms with Crippen molar-refractivity contribution in [1.82, 2.24) is 5.32 Å². The second kappa shape index (κ2) is 4.80. The van der Waals surface area contributed by atoms with Gasteiger partial charge in [0.05, 0.1) is 0 Å². The molecule has 2 atom stereocenters. The minimum absolute atomic E-state index is 0.789. The third-order valence-corrected chi connectivity index (χ3v) is 3.60. The molecule has 1 aliphatic carbocycles. The Morgan fingerprint density at radius 3 is 2.93 bits per heavy atom. The molecule has 0 spiro atoms. The SMILES string of the molecule is CNCC1CCCC1c1cccc(C)c1. The molecule has 1 nitrogen and oxygen atoms in total. The van der Waals surface area contributed by atoms with Gasteiger partial charge < -0.3 is 5.32 Å². The summed E-state index contributed by atoms with van der Waals surface area (Å²) in [7, 11) is 2.06. The molecule has 0 aromatic heterocycles. The van der Waals surface area contributed by atoms with Gasteiger partial charge in [-0.3, -0.25) is 0 Å². The van der Waals surface area contributed by atoms with Crippen molar-refractivity contribution in [3.05, 3.63) is 35.4 Å². The Morgan fingerprint density at radius 2 is 2.20 bits per heavy atom. The van der Waals surface area contributed by atoms with Gasteiger partial charge in [0, 0.05) is 0 Å². The first-order valence-electron chi connectivity index (χ1n) is 6.02. The predicted octanol–water partition coefficient (Wildman–Crippen LogP) is 3.10. The second-order valence-electron chi connectivity index (χ2n) is 4.77. The topological polar surface area (TPSA) is 12.0 Å². The molecular formula is C14H21N. The first kappa shape index (κ1) is 10.7. The van der Waals surface area contributed by atoms with Gasteiger partial charge in [0.1, 0.15) is 0 Å². The maximum Gasteiger partial charge on any atom is -0.00177 e. The summed E-state index contributed by atoms with van der Waals surface area (Å²) >= 11 is 0. The van der Waals surface area contributed by atoms with Crippen LogP contribution in [0, 0.1) is 12.8 Å². The van der Waals surface area contributed by atoms with Crippen molar-refractivity contribution in [1.29, 1.82) is 0 Å². The second-order valence-corrected chi connectivity index (χ2v) is 4.77. The Morgan fingerprint density at radius 1 is 1.33 bits per heavy atom. The zero-order valence-corrected chi connectivity index (χ0v) is 9.79. The summed E-state index contributed by atoms with van der Waals surface area (Å²) in [4.78, 5) is 0. The van der Waals surface area contributed by atoms with Crippen molar-refractivity contribution in [2.45, 2.75) is 32.1 Å². The van der Waals surface area contributed by atoms with E-state index in [4.69, 9.17) is 0 Å². The van der Waals surface area contributed by atoms with Crippen LogP contribution in [0.1, 0.15) is 36.3 Å². The van der Waals surface area contributed by atoms with E-state index in [1.54, 1.807) is 5.56 Å². The molecule has 1 N–H and O–H groups in total. The molecule has 0 heterocycles. The van der Waals surface area contributed by atoms with Crippen LogP contribution in [0.4, 0.5) is 0 Å². The molecule has 2 unspecified atom stereocenters. The van der Waals surface area contributed by atoms with Gasteiger partial charge in [-0.05, 0) is 50.8 Å². The normalized spacial score (nSPS) is 25.7. The fraction of sp³-hybridized carbons (Fsp3) is 0.571. The summed E-state index contributed by atoms with van der Waals surface area (Å²) in [5.41, 5.74) is 2.94. The first-order chi connectivity index (χ1) is 7.31. The van der Waals surface area contributed by atoms with Crippen LogP contribution < -0.4 is 5.32 Å². The van der Waals surface area contributed by atoms with E-state index in [-0.39, 0.29) is 0 Å². The Hall–Kier alpha value is -0.820. The van der Waals surface area contributed by atoms with E-state index >= 15 is 0 Å². The minimum atomic E-state index is 0.789. The van der Waals surface area contributed by atoms with Crippen molar-refractivity contribution in [3.8, 4) is 0 Å². The summed E-state index contributed by atoms with van der Waals surface area (Å²) in [6.45, 7) is 3.35. The molecule has 0 aliphatic heterocycles. The van der Waals surface area contributed by atoms with Crippen molar-refractivity contribution >= 4 is 0 Å². The number of benzene rings is 1. The van der Waals surface area contributed by atoms with E-state index in [1.165, 1.54) is 31.4 Å². The molecule has 82 valence electrons. The third kappa shape index (κ3) is 2.40. The van der Waals surface area contributed by atoms with Gasteiger partial charge in [0.15, 0.2) is 0 Å². The van der Waals surface area contributed by atoms with Crippen LogP contribution in [-0.2, 0) is 0 Å². The monoisotopic (exact) mass is 203 g/mol. The molecule has 0 radical (unpaired) electrons. The highest BCUT2D eigenvalue weighted by atomic mass is 14.8. The highest BCUT2D eigenvalue weighted by Gasteiger charge is 2.27. The van der Waals surface area contributed by atoms with Crippen molar-refractivity contribution < 1.29 is 0 Å². The van der Waals surface area contributed by atoms with Crippen LogP contribution in [0.15, 0.2) is 24.3 Å². The van der Waals surface area contributed by atoms with Crippen LogP contribution >= 0.6 is 0 Å². The van der Waals surface area contributed by atoms with E-state index in [0.717, 1.165) is 11.8 Å². The van der Waals surface area contributed by atoms with Crippen LogP contribution in [0.3, 0.4) is 0 Å². The minimum Gasteiger partial charge on any atom is -0.319 e. The number of hydrogen-bond acceptors (Lipinski definition) is 1. The molecule has 0 saturated heterocycles. The van der Waals surface area contributed by atoms with E-state index in [2.05, 4.69) is 43.6 Å². The van der Waals surface area contributed by atoms with Gasteiger partial charge in [-0.25, -0.2) is 0 Å². The Kier molecular flexibility index (Phi) is 3.42. The van der Waals surface area contributed by atoms with Crippen LogP contribution in [0.2, 0.25) is 0 Å². The van der Waals surface area contributed by atoms with Gasteiger partial charge in [0.25, 0.3) is 0 Å². The number of aryl methyl sites for hydroxylation is 1. The van der Waals surface area contributed by atoms with Gasteiger partial charge >= 0.3 is 0 Å². The number of rotatable bonds is 3. The lowest BCUT2D eigenvalue weighted by atomic mass is 9.88. The van der Waals surface area contributed by atoms with Gasteiger partial charge in [-0.2, -0.15) is 0 Å². The molecule has 0 amide bonds. The molecule has 1 aliphatic rings. The van der Waals surface area contributed by atoms with E-state index < -0.39 is 0 Å². The number of hydrogen-bond donors (Lipinski definition) is 1. The maximum atomic E-state index is 3.32. The fourth-order valence-electron chi connectivity index (χ4n) is 2.88. The van der Waals surface area contributed by atoms with Gasteiger partial charge in [-0.1, -0.05) is 36.2 Å². The van der Waals surface area contributed by atoms with Gasteiger partial charge in [-0.15, -0.1) is 0 Å². The first-order valence-corrected chi connectivity index (χ1v) is 6.02. The van der Waals surface area contributed by atoms with E-state index in [9.17, 15) is 0 Å². The number of nitrogens with one attached hydrogen (secondary N) is 1. The lowest BCUT2D eigenvalue weighted by molar-refractivity contribution is 0.462. The lowest BCUT2D eigenvalue weighted by Crippen LogP contribution is -2.20. The standard InChI is InChI=1S/C14H21N/c1-11-5-3-6-12(9-11)14-8-4-7-13(14)10-15-2/h3,5-6,9,13-15H,4,7-8,10H2,1-2H3. The van der Waals surface area contributed by atoms with Crippen molar-refractivity contribution in [2.75, 3.05) is 13.6 Å². The molecule has 1 fully saturated rings. The Bertz CT molecular complexity index is 319. The summed E-state index contributed by atoms with van der Waals surface area (Å²) in [6, 6.07) is 9.04. The molecule has 1 aromatic rings. The highest BCUT2D eigenvalue weighted by molar-refractivity contribution is 5.26. The van der Waals surface area contributed by atoms with Crippen LogP contribution in [-0.4, -0.2) is 13.6 Å². The Labute approximate surface area is 92.9 Å². The average molecular weight is 203 g/mol. The molecule has 2 rings (SSSR count). The Balaban J connectivity index is 2.15. The van der Waals surface area contributed by atoms with Crippen molar-refractivity contribution in [3.63, 3.8) is 0 Å². The van der Waals surface area contributed by atoms with E-state index in [0.29, 0.717) is 0 Å². The summed E-state index contributed by atoms with van der Waals surface area (Å²) in [6.07, 6.45) is 4.15. The zero-order valence-electron chi connectivity index (χ0n) is 9.79. The third-order valence-electron chi connectivity index (χ3n) is 3.60. The van der Waals surface area contributed by atoms with Crippen molar-refractivity contribution in [2.24, 2.45) is 5.92 Å². The van der Waals surface area contributed by atoms with Crippen LogP contribution in [0.25, 0.3) is 0 Å². The average Bonchev–Trinajstić information content (AvgIpc) is 2.66. The summed E-state index contributed by atoms with van der Waals surface area (Å²) in [5, 5.41) is 3.32. The van der Waals surface area contributed by atoms with Crippen LogP contribution in [0.5, 0.6) is 0 Å². The summed E-state index contributed by atoms with van der Waals surface area (Å²) < 4.78 is 0. The molecule has 1 aromatic carbocycles. The highest BCUT2D eigenvalue weighted by Crippen LogP contribution is 2.39. The quantitative estimate of drug-likeness (QED) is 0.796. The predicted molar refractivity (Wildman–Crippen MR) is 65.2 cm³/mol. The van der Waals surface area contributed by atoms with Gasteiger partial charge in [0.2, 0.25) is 0 Å². The molecule has 1 heteroatoms. The molecule has 15 heavy (non-hydrogen) atoms. The zero-order chi connectivity index (χ0) is 10.7. The molecule has 0 bridgehead atoms. The van der Waals surface area contributed by atoms with E-state index in [1.807, 2.05) is 0 Å².